The Morgan fingerprint density at radius 2 is 2.00 bits per heavy atom. The van der Waals surface area contributed by atoms with Crippen molar-refractivity contribution < 1.29 is 5.11 Å². The lowest BCUT2D eigenvalue weighted by Crippen LogP contribution is -1.81. The van der Waals surface area contributed by atoms with Crippen molar-refractivity contribution >= 4 is 17.3 Å². The molecular formula is C6H9ClN2O. The highest BCUT2D eigenvalue weighted by Gasteiger charge is 1.94. The van der Waals surface area contributed by atoms with Crippen molar-refractivity contribution in [3.8, 4) is 5.75 Å². The van der Waals surface area contributed by atoms with Gasteiger partial charge < -0.3 is 17.0 Å². The predicted molar refractivity (Wildman–Crippen MR) is 42.6 cm³/mol. The van der Waals surface area contributed by atoms with Gasteiger partial charge in [0.2, 0.25) is 0 Å². The fourth-order valence-electron chi connectivity index (χ4n) is 0.523. The summed E-state index contributed by atoms with van der Waals surface area (Å²) in [7, 11) is 0. The summed E-state index contributed by atoms with van der Waals surface area (Å²) >= 11 is 5.48. The van der Waals surface area contributed by atoms with Crippen LogP contribution >= 0.6 is 11.6 Å². The van der Waals surface area contributed by atoms with Gasteiger partial charge in [0.05, 0.1) is 5.02 Å². The molecule has 0 atom stereocenters. The molecule has 0 bridgehead atoms. The topological polar surface area (TPSA) is 81.2 Å². The van der Waals surface area contributed by atoms with Crippen molar-refractivity contribution in [3.05, 3.63) is 23.2 Å². The Morgan fingerprint density at radius 3 is 2.40 bits per heavy atom. The zero-order valence-corrected chi connectivity index (χ0v) is 6.10. The van der Waals surface area contributed by atoms with Crippen molar-refractivity contribution in [1.29, 1.82) is 0 Å². The number of phenolic OH excluding ortho intramolecular Hbond substituents is 1. The Hall–Kier alpha value is -0.930. The fourth-order valence-corrected chi connectivity index (χ4v) is 0.712. The summed E-state index contributed by atoms with van der Waals surface area (Å²) in [5.41, 5.74) is 5.89. The maximum atomic E-state index is 8.86. The first-order chi connectivity index (χ1) is 4.20. The molecule has 0 aliphatic carbocycles. The van der Waals surface area contributed by atoms with Gasteiger partial charge in [-0.15, -0.1) is 0 Å². The molecule has 0 unspecified atom stereocenters. The van der Waals surface area contributed by atoms with Crippen LogP contribution in [0.4, 0.5) is 5.69 Å². The van der Waals surface area contributed by atoms with Gasteiger partial charge in [-0.05, 0) is 18.2 Å². The molecule has 1 rings (SSSR count). The number of hydrogen-bond acceptors (Lipinski definition) is 3. The Bertz CT molecular complexity index is 227. The molecule has 0 fully saturated rings. The Morgan fingerprint density at radius 1 is 1.40 bits per heavy atom. The molecule has 0 saturated carbocycles. The number of aromatic hydroxyl groups is 1. The van der Waals surface area contributed by atoms with Crippen LogP contribution in [-0.4, -0.2) is 5.11 Å². The Kier molecular flexibility index (Phi) is 2.99. The summed E-state index contributed by atoms with van der Waals surface area (Å²) in [5.74, 6) is 0.0610. The van der Waals surface area contributed by atoms with Crippen LogP contribution in [0.25, 0.3) is 0 Å². The van der Waals surface area contributed by atoms with E-state index in [2.05, 4.69) is 0 Å². The number of benzene rings is 1. The lowest BCUT2D eigenvalue weighted by Gasteiger charge is -1.95. The SMILES string of the molecule is N.Nc1ccc(O)c(Cl)c1. The average Bonchev–Trinajstić information content (AvgIpc) is 1.80. The maximum Gasteiger partial charge on any atom is 0.134 e. The van der Waals surface area contributed by atoms with E-state index in [1.807, 2.05) is 0 Å². The zero-order chi connectivity index (χ0) is 6.85. The predicted octanol–water partition coefficient (Wildman–Crippen LogP) is 1.79. The van der Waals surface area contributed by atoms with Crippen LogP contribution in [0.2, 0.25) is 5.02 Å². The summed E-state index contributed by atoms with van der Waals surface area (Å²) in [5, 5.41) is 9.14. The second kappa shape index (κ2) is 3.29. The number of anilines is 1. The second-order valence-electron chi connectivity index (χ2n) is 1.71. The molecule has 1 aromatic carbocycles. The molecule has 6 N–H and O–H groups in total. The average molecular weight is 161 g/mol. The number of nitrogen functional groups attached to an aromatic ring is 1. The van der Waals surface area contributed by atoms with Crippen LogP contribution in [0.5, 0.6) is 5.75 Å². The third kappa shape index (κ3) is 1.79. The number of nitrogens with two attached hydrogens (primary N) is 1. The highest BCUT2D eigenvalue weighted by Crippen LogP contribution is 2.24. The van der Waals surface area contributed by atoms with Gasteiger partial charge in [-0.25, -0.2) is 0 Å². The molecular weight excluding hydrogens is 152 g/mol. The molecule has 0 amide bonds. The monoisotopic (exact) mass is 160 g/mol. The van der Waals surface area contributed by atoms with Gasteiger partial charge >= 0.3 is 0 Å². The summed E-state index contributed by atoms with van der Waals surface area (Å²) in [6.45, 7) is 0. The van der Waals surface area contributed by atoms with Crippen LogP contribution in [-0.2, 0) is 0 Å². The molecule has 0 saturated heterocycles. The molecule has 0 spiro atoms. The molecule has 4 heteroatoms. The van der Waals surface area contributed by atoms with Gasteiger partial charge in [-0.2, -0.15) is 0 Å². The Labute approximate surface area is 64.0 Å². The van der Waals surface area contributed by atoms with Gasteiger partial charge in [0, 0.05) is 5.69 Å². The van der Waals surface area contributed by atoms with Gasteiger partial charge in [0.15, 0.2) is 0 Å². The van der Waals surface area contributed by atoms with E-state index < -0.39 is 0 Å². The highest BCUT2D eigenvalue weighted by atomic mass is 35.5. The molecule has 0 aromatic heterocycles. The number of hydrogen-bond donors (Lipinski definition) is 3. The first-order valence-corrected chi connectivity index (χ1v) is 2.82. The molecule has 1 aromatic rings. The van der Waals surface area contributed by atoms with Crippen LogP contribution in [0.1, 0.15) is 0 Å². The van der Waals surface area contributed by atoms with Crippen molar-refractivity contribution in [2.75, 3.05) is 5.73 Å². The van der Waals surface area contributed by atoms with Crippen LogP contribution in [0, 0.1) is 0 Å². The van der Waals surface area contributed by atoms with Crippen LogP contribution in [0.15, 0.2) is 18.2 Å². The second-order valence-corrected chi connectivity index (χ2v) is 2.12. The van der Waals surface area contributed by atoms with E-state index in [9.17, 15) is 0 Å². The largest absolute Gasteiger partial charge is 0.506 e. The summed E-state index contributed by atoms with van der Waals surface area (Å²) in [4.78, 5) is 0. The summed E-state index contributed by atoms with van der Waals surface area (Å²) < 4.78 is 0. The standard InChI is InChI=1S/C6H6ClNO.H3N/c7-5-3-4(8)1-2-6(5)9;/h1-3,9H,8H2;1H3. The molecule has 0 aliphatic rings. The highest BCUT2D eigenvalue weighted by molar-refractivity contribution is 6.32. The molecule has 56 valence electrons. The van der Waals surface area contributed by atoms with Crippen LogP contribution in [0.3, 0.4) is 0 Å². The fraction of sp³-hybridized carbons (Fsp3) is 0. The van der Waals surface area contributed by atoms with Gasteiger partial charge in [-0.1, -0.05) is 11.6 Å². The lowest BCUT2D eigenvalue weighted by molar-refractivity contribution is 0.475. The number of rotatable bonds is 0. The minimum atomic E-state index is 0. The molecule has 0 aliphatic heterocycles. The zero-order valence-electron chi connectivity index (χ0n) is 5.34. The van der Waals surface area contributed by atoms with E-state index in [1.54, 1.807) is 6.07 Å². The molecule has 0 heterocycles. The van der Waals surface area contributed by atoms with E-state index in [4.69, 9.17) is 22.4 Å². The van der Waals surface area contributed by atoms with E-state index >= 15 is 0 Å². The van der Waals surface area contributed by atoms with E-state index in [0.717, 1.165) is 0 Å². The summed E-state index contributed by atoms with van der Waals surface area (Å²) in [6, 6.07) is 4.54. The minimum absolute atomic E-state index is 0. The number of halogens is 1. The third-order valence-electron chi connectivity index (χ3n) is 0.972. The first kappa shape index (κ1) is 9.07. The molecule has 3 nitrogen and oxygen atoms in total. The van der Waals surface area contributed by atoms with Crippen molar-refractivity contribution in [2.24, 2.45) is 0 Å². The van der Waals surface area contributed by atoms with E-state index in [0.29, 0.717) is 5.69 Å². The van der Waals surface area contributed by atoms with Gasteiger partial charge in [-0.3, -0.25) is 0 Å². The maximum absolute atomic E-state index is 8.86. The van der Waals surface area contributed by atoms with Crippen LogP contribution < -0.4 is 11.9 Å². The first-order valence-electron chi connectivity index (χ1n) is 2.44. The summed E-state index contributed by atoms with van der Waals surface area (Å²) in [6.07, 6.45) is 0. The van der Waals surface area contributed by atoms with Crippen molar-refractivity contribution in [3.63, 3.8) is 0 Å². The third-order valence-corrected chi connectivity index (χ3v) is 1.27. The van der Waals surface area contributed by atoms with E-state index in [-0.39, 0.29) is 16.9 Å². The Balaban J connectivity index is 0.000000810. The molecule has 10 heavy (non-hydrogen) atoms. The normalized spacial score (nSPS) is 8.50. The minimum Gasteiger partial charge on any atom is -0.506 e. The smallest absolute Gasteiger partial charge is 0.134 e. The van der Waals surface area contributed by atoms with Crippen molar-refractivity contribution in [1.82, 2.24) is 6.15 Å². The lowest BCUT2D eigenvalue weighted by atomic mass is 10.3. The quantitative estimate of drug-likeness (QED) is 0.400. The van der Waals surface area contributed by atoms with Gasteiger partial charge in [0.25, 0.3) is 0 Å². The molecule has 0 radical (unpaired) electrons. The van der Waals surface area contributed by atoms with E-state index in [1.165, 1.54) is 12.1 Å². The van der Waals surface area contributed by atoms with Gasteiger partial charge in [0.1, 0.15) is 5.75 Å². The number of phenols is 1. The van der Waals surface area contributed by atoms with Crippen molar-refractivity contribution in [2.45, 2.75) is 0 Å².